The number of nitrogens with one attached hydrogen (secondary N) is 1. The second-order valence-corrected chi connectivity index (χ2v) is 4.68. The zero-order chi connectivity index (χ0) is 14.8. The summed E-state index contributed by atoms with van der Waals surface area (Å²) in [6, 6.07) is 10.1. The van der Waals surface area contributed by atoms with E-state index in [2.05, 4.69) is 5.32 Å². The van der Waals surface area contributed by atoms with Crippen LogP contribution in [0.25, 0.3) is 11.1 Å². The highest BCUT2D eigenvalue weighted by molar-refractivity contribution is 5.78. The van der Waals surface area contributed by atoms with Crippen molar-refractivity contribution in [2.24, 2.45) is 0 Å². The monoisotopic (exact) mass is 289 g/mol. The molecule has 1 atom stereocenters. The molecular formula is C16H16FNO3. The highest BCUT2D eigenvalue weighted by Crippen LogP contribution is 2.43. The predicted molar refractivity (Wildman–Crippen MR) is 77.4 cm³/mol. The summed E-state index contributed by atoms with van der Waals surface area (Å²) < 4.78 is 30.2. The van der Waals surface area contributed by atoms with Gasteiger partial charge in [-0.3, -0.25) is 5.32 Å². The number of rotatable bonds is 3. The molecule has 110 valence electrons. The first-order valence-electron chi connectivity index (χ1n) is 6.66. The van der Waals surface area contributed by atoms with Gasteiger partial charge in [0.1, 0.15) is 18.2 Å². The van der Waals surface area contributed by atoms with Gasteiger partial charge >= 0.3 is 0 Å². The second-order valence-electron chi connectivity index (χ2n) is 4.68. The molecule has 0 saturated carbocycles. The molecule has 2 aromatic carbocycles. The van der Waals surface area contributed by atoms with Gasteiger partial charge in [-0.1, -0.05) is 12.1 Å². The van der Waals surface area contributed by atoms with Crippen LogP contribution in [0.2, 0.25) is 0 Å². The Morgan fingerprint density at radius 2 is 2.10 bits per heavy atom. The normalized spacial score (nSPS) is 16.6. The van der Waals surface area contributed by atoms with Crippen molar-refractivity contribution in [2.75, 3.05) is 20.8 Å². The molecule has 0 saturated heterocycles. The molecule has 0 bridgehead atoms. The van der Waals surface area contributed by atoms with Crippen LogP contribution in [0.15, 0.2) is 36.4 Å². The van der Waals surface area contributed by atoms with Gasteiger partial charge in [0.15, 0.2) is 17.7 Å². The van der Waals surface area contributed by atoms with Crippen molar-refractivity contribution in [2.45, 2.75) is 6.23 Å². The number of hydrogen-bond donors (Lipinski definition) is 1. The quantitative estimate of drug-likeness (QED) is 0.943. The molecule has 0 spiro atoms. The third kappa shape index (κ3) is 2.52. The molecule has 0 aliphatic carbocycles. The van der Waals surface area contributed by atoms with Crippen LogP contribution in [0.5, 0.6) is 17.2 Å². The lowest BCUT2D eigenvalue weighted by atomic mass is 10.0. The summed E-state index contributed by atoms with van der Waals surface area (Å²) in [5.41, 5.74) is 1.57. The highest BCUT2D eigenvalue weighted by atomic mass is 19.1. The maximum absolute atomic E-state index is 13.4. The van der Waals surface area contributed by atoms with E-state index in [-0.39, 0.29) is 12.0 Å². The molecule has 3 rings (SSSR count). The minimum atomic E-state index is -0.342. The third-order valence-corrected chi connectivity index (χ3v) is 3.40. The van der Waals surface area contributed by atoms with Crippen molar-refractivity contribution in [3.8, 4) is 28.4 Å². The van der Waals surface area contributed by atoms with Crippen molar-refractivity contribution in [1.82, 2.24) is 5.32 Å². The summed E-state index contributed by atoms with van der Waals surface area (Å²) in [5, 5.41) is 3.02. The number of ether oxygens (including phenoxy) is 3. The van der Waals surface area contributed by atoms with Crippen molar-refractivity contribution < 1.29 is 18.6 Å². The first-order valence-corrected chi connectivity index (χ1v) is 6.66. The first kappa shape index (κ1) is 13.7. The van der Waals surface area contributed by atoms with Gasteiger partial charge in [-0.25, -0.2) is 4.39 Å². The molecule has 2 aromatic rings. The molecular weight excluding hydrogens is 273 g/mol. The van der Waals surface area contributed by atoms with Gasteiger partial charge in [-0.05, 0) is 25.2 Å². The first-order chi connectivity index (χ1) is 10.2. The van der Waals surface area contributed by atoms with Gasteiger partial charge in [0, 0.05) is 17.2 Å². The fraction of sp³-hybridized carbons (Fsp3) is 0.250. The van der Waals surface area contributed by atoms with E-state index in [0.29, 0.717) is 23.9 Å². The predicted octanol–water partition coefficient (Wildman–Crippen LogP) is 2.82. The van der Waals surface area contributed by atoms with E-state index in [4.69, 9.17) is 14.2 Å². The van der Waals surface area contributed by atoms with E-state index in [1.807, 2.05) is 18.2 Å². The Labute approximate surface area is 122 Å². The van der Waals surface area contributed by atoms with Gasteiger partial charge < -0.3 is 14.2 Å². The molecule has 0 radical (unpaired) electrons. The number of benzene rings is 2. The van der Waals surface area contributed by atoms with Crippen LogP contribution in [-0.4, -0.2) is 27.0 Å². The number of methoxy groups -OCH3 is 1. The number of fused-ring (bicyclic) bond motifs is 1. The lowest BCUT2D eigenvalue weighted by molar-refractivity contribution is 0.0733. The van der Waals surface area contributed by atoms with E-state index in [1.165, 1.54) is 19.2 Å². The average Bonchev–Trinajstić information content (AvgIpc) is 2.53. The van der Waals surface area contributed by atoms with Crippen LogP contribution < -0.4 is 19.5 Å². The molecule has 0 amide bonds. The molecule has 1 N–H and O–H groups in total. The van der Waals surface area contributed by atoms with E-state index in [0.717, 1.165) is 11.1 Å². The molecule has 1 aliphatic rings. The number of halogens is 1. The summed E-state index contributed by atoms with van der Waals surface area (Å²) in [6.45, 7) is 0.438. The number of para-hydroxylation sites is 1. The molecule has 0 aromatic heterocycles. The molecule has 1 aliphatic heterocycles. The summed E-state index contributed by atoms with van der Waals surface area (Å²) in [7, 11) is 3.32. The molecule has 1 heterocycles. The lowest BCUT2D eigenvalue weighted by Gasteiger charge is -2.28. The summed E-state index contributed by atoms with van der Waals surface area (Å²) in [4.78, 5) is 0. The molecule has 4 nitrogen and oxygen atoms in total. The van der Waals surface area contributed by atoms with Crippen molar-refractivity contribution in [3.63, 3.8) is 0 Å². The Bertz CT molecular complexity index is 660. The van der Waals surface area contributed by atoms with E-state index in [9.17, 15) is 4.39 Å². The fourth-order valence-electron chi connectivity index (χ4n) is 2.33. The lowest BCUT2D eigenvalue weighted by Crippen LogP contribution is -2.39. The van der Waals surface area contributed by atoms with Gasteiger partial charge in [0.25, 0.3) is 0 Å². The van der Waals surface area contributed by atoms with Crippen LogP contribution in [0.3, 0.4) is 0 Å². The Morgan fingerprint density at radius 3 is 2.86 bits per heavy atom. The van der Waals surface area contributed by atoms with Crippen LogP contribution in [0.1, 0.15) is 0 Å². The van der Waals surface area contributed by atoms with Crippen LogP contribution in [-0.2, 0) is 0 Å². The smallest absolute Gasteiger partial charge is 0.184 e. The highest BCUT2D eigenvalue weighted by Gasteiger charge is 2.24. The molecule has 0 unspecified atom stereocenters. The Kier molecular flexibility index (Phi) is 3.66. The molecule has 21 heavy (non-hydrogen) atoms. The third-order valence-electron chi connectivity index (χ3n) is 3.40. The van der Waals surface area contributed by atoms with Crippen LogP contribution in [0, 0.1) is 5.82 Å². The number of hydrogen-bond acceptors (Lipinski definition) is 4. The summed E-state index contributed by atoms with van der Waals surface area (Å²) in [5.74, 6) is 1.42. The van der Waals surface area contributed by atoms with Crippen molar-refractivity contribution in [1.29, 1.82) is 0 Å². The molecule has 0 fully saturated rings. The van der Waals surface area contributed by atoms with Crippen molar-refractivity contribution in [3.05, 3.63) is 42.2 Å². The van der Waals surface area contributed by atoms with Gasteiger partial charge in [0.05, 0.1) is 7.11 Å². The summed E-state index contributed by atoms with van der Waals surface area (Å²) >= 11 is 0. The SMILES string of the molecule is CN[C@@H]1COc2cccc(-c3ccc(F)cc3OC)c2O1. The van der Waals surface area contributed by atoms with Crippen LogP contribution >= 0.6 is 0 Å². The second kappa shape index (κ2) is 5.61. The van der Waals surface area contributed by atoms with Gasteiger partial charge in [-0.2, -0.15) is 0 Å². The Morgan fingerprint density at radius 1 is 1.24 bits per heavy atom. The summed E-state index contributed by atoms with van der Waals surface area (Å²) in [6.07, 6.45) is -0.218. The Balaban J connectivity index is 2.12. The van der Waals surface area contributed by atoms with Crippen LogP contribution in [0.4, 0.5) is 4.39 Å². The van der Waals surface area contributed by atoms with Gasteiger partial charge in [0.2, 0.25) is 0 Å². The maximum Gasteiger partial charge on any atom is 0.184 e. The largest absolute Gasteiger partial charge is 0.496 e. The minimum absolute atomic E-state index is 0.218. The molecule has 5 heteroatoms. The van der Waals surface area contributed by atoms with Crippen molar-refractivity contribution >= 4 is 0 Å². The standard InChI is InChI=1S/C16H16FNO3/c1-18-15-9-20-13-5-3-4-12(16(13)21-15)11-7-6-10(17)8-14(11)19-2/h3-8,15,18H,9H2,1-2H3/t15-/m0/s1. The number of likely N-dealkylation sites (N-methyl/N-ethyl adjacent to an activating group) is 1. The average molecular weight is 289 g/mol. The maximum atomic E-state index is 13.4. The Hall–Kier alpha value is -2.27. The van der Waals surface area contributed by atoms with E-state index >= 15 is 0 Å². The van der Waals surface area contributed by atoms with E-state index < -0.39 is 0 Å². The zero-order valence-electron chi connectivity index (χ0n) is 11.9. The zero-order valence-corrected chi connectivity index (χ0v) is 11.9. The van der Waals surface area contributed by atoms with Gasteiger partial charge in [-0.15, -0.1) is 0 Å². The minimum Gasteiger partial charge on any atom is -0.496 e. The topological polar surface area (TPSA) is 39.7 Å². The fourth-order valence-corrected chi connectivity index (χ4v) is 2.33. The van der Waals surface area contributed by atoms with E-state index in [1.54, 1.807) is 13.1 Å².